The Bertz CT molecular complexity index is 742. The van der Waals surface area contributed by atoms with E-state index in [1.54, 1.807) is 6.07 Å². The van der Waals surface area contributed by atoms with Crippen LogP contribution in [0.2, 0.25) is 0 Å². The summed E-state index contributed by atoms with van der Waals surface area (Å²) in [5, 5.41) is 0. The average Bonchev–Trinajstić information content (AvgIpc) is 3.37. The zero-order chi connectivity index (χ0) is 17.2. The first-order valence-corrected chi connectivity index (χ1v) is 8.96. The third-order valence-electron chi connectivity index (χ3n) is 4.96. The molecule has 1 fully saturated rings. The van der Waals surface area contributed by atoms with Crippen molar-refractivity contribution in [2.75, 3.05) is 13.2 Å². The molecule has 1 aromatic carbocycles. The van der Waals surface area contributed by atoms with E-state index in [1.807, 2.05) is 6.33 Å². The van der Waals surface area contributed by atoms with E-state index in [-0.39, 0.29) is 0 Å². The van der Waals surface area contributed by atoms with Crippen molar-refractivity contribution in [1.29, 1.82) is 0 Å². The Balaban J connectivity index is 1.43. The van der Waals surface area contributed by atoms with E-state index in [0.29, 0.717) is 13.2 Å². The summed E-state index contributed by atoms with van der Waals surface area (Å²) in [6, 6.07) is 4.14. The summed E-state index contributed by atoms with van der Waals surface area (Å²) in [6.45, 7) is 4.58. The highest BCUT2D eigenvalue weighted by atomic mass is 19.2. The lowest BCUT2D eigenvalue weighted by Gasteiger charge is -2.20. The Labute approximate surface area is 146 Å². The maximum Gasteiger partial charge on any atom is 0.159 e. The molecule has 0 saturated heterocycles. The second-order valence-electron chi connectivity index (χ2n) is 7.10. The molecule has 1 aliphatic heterocycles. The SMILES string of the molecule is Fc1ccc(CN2CCCn3cnc(COCC4CC4)c3C2)cc1F. The van der Waals surface area contributed by atoms with E-state index in [0.717, 1.165) is 49.8 Å². The van der Waals surface area contributed by atoms with Gasteiger partial charge >= 0.3 is 0 Å². The van der Waals surface area contributed by atoms with E-state index in [9.17, 15) is 8.78 Å². The Morgan fingerprint density at radius 1 is 1.16 bits per heavy atom. The molecule has 2 aliphatic rings. The molecule has 0 N–H and O–H groups in total. The predicted molar refractivity (Wildman–Crippen MR) is 89.7 cm³/mol. The Morgan fingerprint density at radius 2 is 2.04 bits per heavy atom. The van der Waals surface area contributed by atoms with Gasteiger partial charge in [0.1, 0.15) is 0 Å². The first-order valence-electron chi connectivity index (χ1n) is 8.96. The summed E-state index contributed by atoms with van der Waals surface area (Å²) in [6.07, 6.45) is 5.47. The number of imidazole rings is 1. The highest BCUT2D eigenvalue weighted by Crippen LogP contribution is 2.29. The van der Waals surface area contributed by atoms with Gasteiger partial charge in [-0.15, -0.1) is 0 Å². The van der Waals surface area contributed by atoms with Gasteiger partial charge < -0.3 is 9.30 Å². The second-order valence-corrected chi connectivity index (χ2v) is 7.10. The van der Waals surface area contributed by atoms with E-state index in [1.165, 1.54) is 30.7 Å². The van der Waals surface area contributed by atoms with Gasteiger partial charge in [0.25, 0.3) is 0 Å². The van der Waals surface area contributed by atoms with Gasteiger partial charge in [0.05, 0.1) is 24.3 Å². The fourth-order valence-corrected chi connectivity index (χ4v) is 3.34. The second kappa shape index (κ2) is 7.22. The number of ether oxygens (including phenoxy) is 1. The van der Waals surface area contributed by atoms with Crippen LogP contribution in [0.5, 0.6) is 0 Å². The van der Waals surface area contributed by atoms with Crippen LogP contribution >= 0.6 is 0 Å². The summed E-state index contributed by atoms with van der Waals surface area (Å²) >= 11 is 0. The maximum absolute atomic E-state index is 13.5. The monoisotopic (exact) mass is 347 g/mol. The molecule has 1 aliphatic carbocycles. The molecule has 0 atom stereocenters. The Kier molecular flexibility index (Phi) is 4.81. The number of aromatic nitrogens is 2. The average molecular weight is 347 g/mol. The molecule has 134 valence electrons. The lowest BCUT2D eigenvalue weighted by Crippen LogP contribution is -2.23. The fourth-order valence-electron chi connectivity index (χ4n) is 3.34. The van der Waals surface area contributed by atoms with Crippen molar-refractivity contribution >= 4 is 0 Å². The number of nitrogens with zero attached hydrogens (tertiary/aromatic N) is 3. The third kappa shape index (κ3) is 4.07. The lowest BCUT2D eigenvalue weighted by atomic mass is 10.2. The van der Waals surface area contributed by atoms with E-state index >= 15 is 0 Å². The van der Waals surface area contributed by atoms with Crippen LogP contribution in [0.25, 0.3) is 0 Å². The summed E-state index contributed by atoms with van der Waals surface area (Å²) < 4.78 is 34.6. The van der Waals surface area contributed by atoms with Crippen molar-refractivity contribution in [3.8, 4) is 0 Å². The molecule has 0 spiro atoms. The van der Waals surface area contributed by atoms with Crippen molar-refractivity contribution in [2.45, 2.75) is 45.5 Å². The van der Waals surface area contributed by atoms with Gasteiger partial charge in [0, 0.05) is 32.8 Å². The molecule has 2 aromatic rings. The predicted octanol–water partition coefficient (Wildman–Crippen LogP) is 3.49. The molecule has 0 amide bonds. The fraction of sp³-hybridized carbons (Fsp3) is 0.526. The normalized spacial score (nSPS) is 18.2. The topological polar surface area (TPSA) is 30.3 Å². The number of hydrogen-bond donors (Lipinski definition) is 0. The van der Waals surface area contributed by atoms with Crippen LogP contribution in [0.4, 0.5) is 8.78 Å². The minimum Gasteiger partial charge on any atom is -0.375 e. The summed E-state index contributed by atoms with van der Waals surface area (Å²) in [5.74, 6) is -0.842. The Hall–Kier alpha value is -1.79. The lowest BCUT2D eigenvalue weighted by molar-refractivity contribution is 0.107. The largest absolute Gasteiger partial charge is 0.375 e. The van der Waals surface area contributed by atoms with Gasteiger partial charge in [-0.2, -0.15) is 0 Å². The van der Waals surface area contributed by atoms with Crippen molar-refractivity contribution in [3.63, 3.8) is 0 Å². The quantitative estimate of drug-likeness (QED) is 0.801. The molecule has 0 radical (unpaired) electrons. The minimum atomic E-state index is -0.798. The molecule has 0 unspecified atom stereocenters. The molecule has 4 rings (SSSR count). The third-order valence-corrected chi connectivity index (χ3v) is 4.96. The highest BCUT2D eigenvalue weighted by molar-refractivity contribution is 5.19. The summed E-state index contributed by atoms with van der Waals surface area (Å²) in [5.41, 5.74) is 2.96. The molecular weight excluding hydrogens is 324 g/mol. The maximum atomic E-state index is 13.5. The van der Waals surface area contributed by atoms with Crippen molar-refractivity contribution in [2.24, 2.45) is 5.92 Å². The van der Waals surface area contributed by atoms with Crippen LogP contribution < -0.4 is 0 Å². The summed E-state index contributed by atoms with van der Waals surface area (Å²) in [7, 11) is 0. The van der Waals surface area contributed by atoms with Crippen molar-refractivity contribution < 1.29 is 13.5 Å². The number of aryl methyl sites for hydroxylation is 1. The van der Waals surface area contributed by atoms with Gasteiger partial charge in [0.15, 0.2) is 11.6 Å². The van der Waals surface area contributed by atoms with E-state index in [2.05, 4.69) is 14.5 Å². The molecule has 1 saturated carbocycles. The van der Waals surface area contributed by atoms with Gasteiger partial charge in [-0.3, -0.25) is 4.90 Å². The van der Waals surface area contributed by atoms with E-state index in [4.69, 9.17) is 4.74 Å². The smallest absolute Gasteiger partial charge is 0.159 e. The molecule has 1 aromatic heterocycles. The number of rotatable bonds is 6. The van der Waals surface area contributed by atoms with Gasteiger partial charge in [-0.05, 0) is 42.9 Å². The van der Waals surface area contributed by atoms with Crippen LogP contribution in [-0.2, 0) is 31.0 Å². The number of fused-ring (bicyclic) bond motifs is 1. The Morgan fingerprint density at radius 3 is 2.84 bits per heavy atom. The standard InChI is InChI=1S/C19H23F2N3O/c20-16-5-4-15(8-17(16)21)9-23-6-1-7-24-13-22-18(19(24)10-23)12-25-11-14-2-3-14/h4-5,8,13-14H,1-3,6-7,9-12H2. The molecule has 4 nitrogen and oxygen atoms in total. The molecule has 6 heteroatoms. The first-order chi connectivity index (χ1) is 12.2. The number of hydrogen-bond acceptors (Lipinski definition) is 3. The van der Waals surface area contributed by atoms with E-state index < -0.39 is 11.6 Å². The van der Waals surface area contributed by atoms with Crippen LogP contribution in [0, 0.1) is 17.6 Å². The molecule has 2 heterocycles. The van der Waals surface area contributed by atoms with Crippen LogP contribution in [-0.4, -0.2) is 27.6 Å². The number of halogens is 2. The molecule has 25 heavy (non-hydrogen) atoms. The van der Waals surface area contributed by atoms with Gasteiger partial charge in [0.2, 0.25) is 0 Å². The van der Waals surface area contributed by atoms with Crippen LogP contribution in [0.15, 0.2) is 24.5 Å². The summed E-state index contributed by atoms with van der Waals surface area (Å²) in [4.78, 5) is 6.79. The molecular formula is C19H23F2N3O. The highest BCUT2D eigenvalue weighted by Gasteiger charge is 2.23. The minimum absolute atomic E-state index is 0.553. The van der Waals surface area contributed by atoms with Gasteiger partial charge in [-0.25, -0.2) is 13.8 Å². The van der Waals surface area contributed by atoms with Crippen molar-refractivity contribution in [3.05, 3.63) is 53.1 Å². The zero-order valence-corrected chi connectivity index (χ0v) is 14.3. The zero-order valence-electron chi connectivity index (χ0n) is 14.3. The van der Waals surface area contributed by atoms with Gasteiger partial charge in [-0.1, -0.05) is 6.07 Å². The van der Waals surface area contributed by atoms with Crippen molar-refractivity contribution in [1.82, 2.24) is 14.5 Å². The van der Waals surface area contributed by atoms with Crippen LogP contribution in [0.1, 0.15) is 36.2 Å². The first kappa shape index (κ1) is 16.7. The van der Waals surface area contributed by atoms with Crippen LogP contribution in [0.3, 0.4) is 0 Å². The number of benzene rings is 1. The molecule has 0 bridgehead atoms.